The Hall–Kier alpha value is -2.67. The van der Waals surface area contributed by atoms with Gasteiger partial charge in [-0.3, -0.25) is 4.79 Å². The van der Waals surface area contributed by atoms with Gasteiger partial charge in [-0.1, -0.05) is 30.3 Å². The summed E-state index contributed by atoms with van der Waals surface area (Å²) in [4.78, 5) is 14.5. The fourth-order valence-electron chi connectivity index (χ4n) is 2.64. The molecule has 0 radical (unpaired) electrons. The summed E-state index contributed by atoms with van der Waals surface area (Å²) < 4.78 is 34.2. The highest BCUT2D eigenvalue weighted by Crippen LogP contribution is 2.29. The molecule has 0 aliphatic rings. The lowest BCUT2D eigenvalue weighted by Gasteiger charge is -2.25. The number of carbonyl (C=O) groups is 1. The molecular formula is C20H24F2N2O3. The second-order valence-electron chi connectivity index (χ2n) is 6.26. The molecule has 0 aliphatic carbocycles. The monoisotopic (exact) mass is 378 g/mol. The van der Waals surface area contributed by atoms with Crippen molar-refractivity contribution in [3.63, 3.8) is 0 Å². The van der Waals surface area contributed by atoms with E-state index in [2.05, 4.69) is 10.1 Å². The molecule has 1 amide bonds. The number of likely N-dealkylation sites (N-methyl/N-ethyl adjacent to an activating group) is 1. The molecule has 0 unspecified atom stereocenters. The molecule has 0 aromatic heterocycles. The minimum Gasteiger partial charge on any atom is -0.493 e. The van der Waals surface area contributed by atoms with Crippen molar-refractivity contribution < 1.29 is 23.0 Å². The van der Waals surface area contributed by atoms with E-state index >= 15 is 0 Å². The topological polar surface area (TPSA) is 50.8 Å². The van der Waals surface area contributed by atoms with Crippen molar-refractivity contribution in [2.24, 2.45) is 0 Å². The number of halogens is 2. The van der Waals surface area contributed by atoms with Gasteiger partial charge in [0.15, 0.2) is 11.5 Å². The zero-order chi connectivity index (χ0) is 19.8. The van der Waals surface area contributed by atoms with Crippen molar-refractivity contribution in [2.75, 3.05) is 27.7 Å². The summed E-state index contributed by atoms with van der Waals surface area (Å²) >= 11 is 0. The van der Waals surface area contributed by atoms with Gasteiger partial charge in [0.25, 0.3) is 5.91 Å². The predicted octanol–water partition coefficient (Wildman–Crippen LogP) is 3.20. The Morgan fingerprint density at radius 2 is 1.81 bits per heavy atom. The molecule has 146 valence electrons. The smallest absolute Gasteiger partial charge is 0.387 e. The van der Waals surface area contributed by atoms with E-state index in [1.165, 1.54) is 30.9 Å². The lowest BCUT2D eigenvalue weighted by Crippen LogP contribution is -2.41. The van der Waals surface area contributed by atoms with Crippen LogP contribution < -0.4 is 14.8 Å². The molecule has 0 saturated carbocycles. The molecule has 0 heterocycles. The van der Waals surface area contributed by atoms with Crippen LogP contribution in [0.2, 0.25) is 0 Å². The zero-order valence-corrected chi connectivity index (χ0v) is 15.6. The molecule has 5 nitrogen and oxygen atoms in total. The summed E-state index contributed by atoms with van der Waals surface area (Å²) in [5.41, 5.74) is 1.49. The maximum absolute atomic E-state index is 12.5. The number of nitrogens with one attached hydrogen (secondary N) is 1. The molecule has 2 aromatic carbocycles. The molecule has 0 spiro atoms. The number of carbonyl (C=O) groups excluding carboxylic acids is 1. The highest BCUT2D eigenvalue weighted by Gasteiger charge is 2.17. The average Bonchev–Trinajstić information content (AvgIpc) is 2.65. The Morgan fingerprint density at radius 3 is 2.41 bits per heavy atom. The summed E-state index contributed by atoms with van der Waals surface area (Å²) in [7, 11) is 5.25. The van der Waals surface area contributed by atoms with Gasteiger partial charge in [0, 0.05) is 18.2 Å². The van der Waals surface area contributed by atoms with Crippen LogP contribution in [0.5, 0.6) is 11.5 Å². The minimum absolute atomic E-state index is 0.0800. The Kier molecular flexibility index (Phi) is 7.55. The third kappa shape index (κ3) is 6.21. The number of hydrogen-bond acceptors (Lipinski definition) is 4. The highest BCUT2D eigenvalue weighted by atomic mass is 19.3. The summed E-state index contributed by atoms with van der Waals surface area (Å²) in [5, 5.41) is 2.89. The molecule has 2 rings (SSSR count). The molecule has 0 aliphatic heterocycles. The van der Waals surface area contributed by atoms with Crippen molar-refractivity contribution in [1.82, 2.24) is 10.2 Å². The lowest BCUT2D eigenvalue weighted by molar-refractivity contribution is -0.0512. The van der Waals surface area contributed by atoms with Gasteiger partial charge < -0.3 is 19.7 Å². The first-order valence-corrected chi connectivity index (χ1v) is 8.52. The van der Waals surface area contributed by atoms with Crippen LogP contribution in [-0.4, -0.2) is 51.2 Å². The van der Waals surface area contributed by atoms with E-state index in [0.29, 0.717) is 12.1 Å². The largest absolute Gasteiger partial charge is 0.493 e. The van der Waals surface area contributed by atoms with Crippen LogP contribution in [0.25, 0.3) is 0 Å². The number of amides is 1. The molecule has 1 atom stereocenters. The highest BCUT2D eigenvalue weighted by molar-refractivity contribution is 5.94. The first-order chi connectivity index (χ1) is 12.9. The van der Waals surface area contributed by atoms with Crippen molar-refractivity contribution in [3.8, 4) is 11.5 Å². The molecular weight excluding hydrogens is 354 g/mol. The fraction of sp³-hybridized carbons (Fsp3) is 0.350. The van der Waals surface area contributed by atoms with Crippen molar-refractivity contribution in [1.29, 1.82) is 0 Å². The molecule has 7 heteroatoms. The first-order valence-electron chi connectivity index (χ1n) is 8.52. The van der Waals surface area contributed by atoms with Crippen LogP contribution in [0.4, 0.5) is 8.78 Å². The standard InChI is InChI=1S/C20H24F2N2O3/c1-24(2)16(11-14-7-5-4-6-8-14)13-23-19(25)15-9-10-17(27-20(21)22)18(12-15)26-3/h4-10,12,16,20H,11,13H2,1-3H3,(H,23,25)/t16-/m1/s1. The van der Waals surface area contributed by atoms with Gasteiger partial charge in [-0.15, -0.1) is 0 Å². The number of alkyl halides is 2. The lowest BCUT2D eigenvalue weighted by atomic mass is 10.0. The zero-order valence-electron chi connectivity index (χ0n) is 15.6. The summed E-state index contributed by atoms with van der Waals surface area (Å²) in [6.45, 7) is -2.52. The van der Waals surface area contributed by atoms with Crippen molar-refractivity contribution in [2.45, 2.75) is 19.1 Å². The van der Waals surface area contributed by atoms with Gasteiger partial charge in [-0.05, 0) is 44.3 Å². The van der Waals surface area contributed by atoms with E-state index in [1.807, 2.05) is 49.3 Å². The van der Waals surface area contributed by atoms with Crippen LogP contribution in [0.15, 0.2) is 48.5 Å². The average molecular weight is 378 g/mol. The quantitative estimate of drug-likeness (QED) is 0.728. The number of benzene rings is 2. The summed E-state index contributed by atoms with van der Waals surface area (Å²) in [5.74, 6) is -0.340. The van der Waals surface area contributed by atoms with Gasteiger partial charge in [-0.25, -0.2) is 0 Å². The van der Waals surface area contributed by atoms with Crippen LogP contribution in [-0.2, 0) is 6.42 Å². The maximum atomic E-state index is 12.5. The number of rotatable bonds is 9. The number of hydrogen-bond donors (Lipinski definition) is 1. The van der Waals surface area contributed by atoms with Crippen molar-refractivity contribution >= 4 is 5.91 Å². The Balaban J connectivity index is 2.02. The Morgan fingerprint density at radius 1 is 1.11 bits per heavy atom. The van der Waals surface area contributed by atoms with E-state index in [9.17, 15) is 13.6 Å². The van der Waals surface area contributed by atoms with Gasteiger partial charge in [0.1, 0.15) is 0 Å². The molecule has 27 heavy (non-hydrogen) atoms. The number of nitrogens with zero attached hydrogens (tertiary/aromatic N) is 1. The minimum atomic E-state index is -2.96. The van der Waals surface area contributed by atoms with E-state index in [-0.39, 0.29) is 23.4 Å². The first kappa shape index (κ1) is 20.6. The van der Waals surface area contributed by atoms with Gasteiger partial charge in [0.05, 0.1) is 7.11 Å². The third-order valence-electron chi connectivity index (χ3n) is 4.18. The van der Waals surface area contributed by atoms with Crippen LogP contribution in [0.3, 0.4) is 0 Å². The van der Waals surface area contributed by atoms with E-state index in [1.54, 1.807) is 0 Å². The van der Waals surface area contributed by atoms with Gasteiger partial charge in [0.2, 0.25) is 0 Å². The van der Waals surface area contributed by atoms with Gasteiger partial charge >= 0.3 is 6.61 Å². The predicted molar refractivity (Wildman–Crippen MR) is 99.6 cm³/mol. The summed E-state index contributed by atoms with van der Waals surface area (Å²) in [6.07, 6.45) is 0.790. The van der Waals surface area contributed by atoms with Gasteiger partial charge in [-0.2, -0.15) is 8.78 Å². The van der Waals surface area contributed by atoms with E-state index < -0.39 is 6.61 Å². The second-order valence-corrected chi connectivity index (χ2v) is 6.26. The summed E-state index contributed by atoms with van der Waals surface area (Å²) in [6, 6.07) is 14.2. The van der Waals surface area contributed by atoms with Crippen molar-refractivity contribution in [3.05, 3.63) is 59.7 Å². The van der Waals surface area contributed by atoms with E-state index in [4.69, 9.17) is 4.74 Å². The van der Waals surface area contributed by atoms with Crippen LogP contribution in [0, 0.1) is 0 Å². The van der Waals surface area contributed by atoms with Crippen LogP contribution >= 0.6 is 0 Å². The number of methoxy groups -OCH3 is 1. The molecule has 0 fully saturated rings. The second kappa shape index (κ2) is 9.87. The van der Waals surface area contributed by atoms with E-state index in [0.717, 1.165) is 6.42 Å². The molecule has 0 saturated heterocycles. The normalized spacial score (nSPS) is 12.1. The Bertz CT molecular complexity index is 739. The maximum Gasteiger partial charge on any atom is 0.387 e. The molecule has 1 N–H and O–H groups in total. The SMILES string of the molecule is COc1cc(C(=O)NC[C@@H](Cc2ccccc2)N(C)C)ccc1OC(F)F. The molecule has 0 bridgehead atoms. The van der Waals surface area contributed by atoms with Crippen LogP contribution in [0.1, 0.15) is 15.9 Å². The fourth-order valence-corrected chi connectivity index (χ4v) is 2.64. The number of ether oxygens (including phenoxy) is 2. The molecule has 2 aromatic rings. The Labute approximate surface area is 157 Å². The third-order valence-corrected chi connectivity index (χ3v) is 4.18.